The highest BCUT2D eigenvalue weighted by Crippen LogP contribution is 2.35. The predicted octanol–water partition coefficient (Wildman–Crippen LogP) is 2.63. The molecule has 3 heterocycles. The minimum Gasteiger partial charge on any atom is -0.378 e. The first-order valence-corrected chi connectivity index (χ1v) is 15.1. The van der Waals surface area contributed by atoms with Crippen LogP contribution >= 0.6 is 0 Å². The van der Waals surface area contributed by atoms with Gasteiger partial charge in [0, 0.05) is 50.4 Å². The van der Waals surface area contributed by atoms with Gasteiger partial charge in [-0.1, -0.05) is 12.1 Å². The van der Waals surface area contributed by atoms with Crippen molar-refractivity contribution < 1.29 is 17.5 Å². The number of halogens is 1. The number of nitrogens with zero attached hydrogens (tertiary/aromatic N) is 5. The van der Waals surface area contributed by atoms with Gasteiger partial charge in [0.1, 0.15) is 5.82 Å². The molecule has 38 heavy (non-hydrogen) atoms. The quantitative estimate of drug-likeness (QED) is 0.517. The Bertz CT molecular complexity index is 1160. The fraction of sp³-hybridized carbons (Fsp3) is 0.630. The number of benzene rings is 1. The fourth-order valence-corrected chi connectivity index (χ4v) is 7.39. The van der Waals surface area contributed by atoms with Crippen LogP contribution in [-0.2, 0) is 14.9 Å². The van der Waals surface area contributed by atoms with Crippen molar-refractivity contribution >= 4 is 16.0 Å². The van der Waals surface area contributed by atoms with Crippen LogP contribution in [0.1, 0.15) is 43.6 Å². The Morgan fingerprint density at radius 3 is 2.55 bits per heavy atom. The predicted molar refractivity (Wildman–Crippen MR) is 145 cm³/mol. The maximum atomic E-state index is 13.7. The molecule has 9 nitrogen and oxygen atoms in total. The van der Waals surface area contributed by atoms with Crippen molar-refractivity contribution in [3.63, 3.8) is 0 Å². The van der Waals surface area contributed by atoms with E-state index in [0.29, 0.717) is 45.1 Å². The maximum Gasteiger partial charge on any atom is 0.279 e. The van der Waals surface area contributed by atoms with E-state index in [-0.39, 0.29) is 29.9 Å². The molecule has 3 aliphatic rings. The molecule has 0 amide bonds. The molecule has 3 fully saturated rings. The van der Waals surface area contributed by atoms with Crippen LogP contribution in [0.5, 0.6) is 0 Å². The maximum absolute atomic E-state index is 13.7. The number of rotatable bonds is 9. The van der Waals surface area contributed by atoms with E-state index < -0.39 is 10.2 Å². The molecule has 1 aromatic heterocycles. The van der Waals surface area contributed by atoms with Gasteiger partial charge in [0.15, 0.2) is 5.82 Å². The highest BCUT2D eigenvalue weighted by molar-refractivity contribution is 7.87. The van der Waals surface area contributed by atoms with Crippen LogP contribution in [0.15, 0.2) is 42.6 Å². The molecule has 1 saturated carbocycles. The highest BCUT2D eigenvalue weighted by atomic mass is 32.2. The smallest absolute Gasteiger partial charge is 0.279 e. The summed E-state index contributed by atoms with van der Waals surface area (Å²) in [4.78, 5) is 4.23. The molecule has 0 bridgehead atoms. The van der Waals surface area contributed by atoms with Crippen molar-refractivity contribution in [2.24, 2.45) is 5.92 Å². The molecule has 208 valence electrons. The van der Waals surface area contributed by atoms with Crippen LogP contribution in [0, 0.1) is 11.7 Å². The molecule has 2 atom stereocenters. The number of likely N-dealkylation sites (N-methyl/N-ethyl adjacent to an activating group) is 1. The lowest BCUT2D eigenvalue weighted by atomic mass is 9.82. The number of hydrogen-bond donors (Lipinski definition) is 1. The molecule has 1 aliphatic carbocycles. The second kappa shape index (κ2) is 11.9. The summed E-state index contributed by atoms with van der Waals surface area (Å²) in [7, 11) is 0.386. The Balaban J connectivity index is 1.20. The summed E-state index contributed by atoms with van der Waals surface area (Å²) in [5.74, 6) is 0.947. The largest absolute Gasteiger partial charge is 0.378 e. The van der Waals surface area contributed by atoms with Crippen molar-refractivity contribution in [2.75, 3.05) is 51.8 Å². The Kier molecular flexibility index (Phi) is 8.59. The van der Waals surface area contributed by atoms with Crippen molar-refractivity contribution in [3.8, 4) is 0 Å². The van der Waals surface area contributed by atoms with Crippen LogP contribution in [0.4, 0.5) is 10.2 Å². The summed E-state index contributed by atoms with van der Waals surface area (Å²) in [6.07, 6.45) is 6.20. The second-order valence-electron chi connectivity index (χ2n) is 11.1. The molecule has 1 N–H and O–H groups in total. The van der Waals surface area contributed by atoms with E-state index in [9.17, 15) is 12.8 Å². The van der Waals surface area contributed by atoms with E-state index in [1.54, 1.807) is 18.3 Å². The van der Waals surface area contributed by atoms with E-state index >= 15 is 0 Å². The third-order valence-electron chi connectivity index (χ3n) is 8.36. The Hall–Kier alpha value is -2.18. The number of nitrogens with one attached hydrogen (secondary N) is 1. The number of hydrogen-bond acceptors (Lipinski definition) is 7. The van der Waals surface area contributed by atoms with Gasteiger partial charge < -0.3 is 14.5 Å². The van der Waals surface area contributed by atoms with Crippen molar-refractivity contribution in [2.45, 2.75) is 56.2 Å². The number of aromatic nitrogens is 2. The standard InChI is InChI=1S/C27H39FN6O3S/c1-32(2)24-17-34(18-24)38(35,36)31-26-12-14-33(27-7-4-13-29-30-27)16-22(26)19-37-25-10-8-20(9-11-25)21-5-3-6-23(28)15-21/h3-7,13,15,20,22,24-26,31H,8-12,14,16-19H2,1-2H3/t20?,22-,25?,26-/m0/s1. The topological polar surface area (TPSA) is 90.9 Å². The lowest BCUT2D eigenvalue weighted by molar-refractivity contribution is -0.00238. The van der Waals surface area contributed by atoms with Crippen LogP contribution in [0.3, 0.4) is 0 Å². The summed E-state index contributed by atoms with van der Waals surface area (Å²) in [6.45, 7) is 2.83. The lowest BCUT2D eigenvalue weighted by Crippen LogP contribution is -2.63. The van der Waals surface area contributed by atoms with Gasteiger partial charge in [-0.25, -0.2) is 4.39 Å². The van der Waals surface area contributed by atoms with Gasteiger partial charge in [-0.15, -0.1) is 5.10 Å². The number of piperidine rings is 1. The Morgan fingerprint density at radius 1 is 1.08 bits per heavy atom. The third kappa shape index (κ3) is 6.51. The van der Waals surface area contributed by atoms with Crippen LogP contribution in [-0.4, -0.2) is 92.9 Å². The molecule has 0 radical (unpaired) electrons. The fourth-order valence-electron chi connectivity index (χ4n) is 5.81. The number of ether oxygens (including phenoxy) is 1. The van der Waals surface area contributed by atoms with Gasteiger partial charge in [0.05, 0.1) is 12.7 Å². The van der Waals surface area contributed by atoms with Gasteiger partial charge in [-0.05, 0) is 81.9 Å². The lowest BCUT2D eigenvalue weighted by Gasteiger charge is -2.44. The van der Waals surface area contributed by atoms with E-state index in [4.69, 9.17) is 4.74 Å². The Labute approximate surface area is 225 Å². The molecule has 0 spiro atoms. The van der Waals surface area contributed by atoms with E-state index in [0.717, 1.165) is 37.1 Å². The first-order chi connectivity index (χ1) is 18.3. The second-order valence-corrected chi connectivity index (χ2v) is 12.8. The minimum absolute atomic E-state index is 0.0209. The third-order valence-corrected chi connectivity index (χ3v) is 9.93. The normalized spacial score (nSPS) is 27.4. The van der Waals surface area contributed by atoms with Gasteiger partial charge >= 0.3 is 0 Å². The summed E-state index contributed by atoms with van der Waals surface area (Å²) in [6, 6.07) is 10.8. The van der Waals surface area contributed by atoms with E-state index in [2.05, 4.69) is 24.7 Å². The molecule has 1 aromatic carbocycles. The molecular weight excluding hydrogens is 507 g/mol. The summed E-state index contributed by atoms with van der Waals surface area (Å²) >= 11 is 0. The summed E-state index contributed by atoms with van der Waals surface area (Å²) in [5, 5.41) is 8.28. The van der Waals surface area contributed by atoms with E-state index in [1.165, 1.54) is 10.4 Å². The average Bonchev–Trinajstić information content (AvgIpc) is 2.87. The van der Waals surface area contributed by atoms with Crippen LogP contribution in [0.2, 0.25) is 0 Å². The van der Waals surface area contributed by atoms with E-state index in [1.807, 2.05) is 32.3 Å². The first-order valence-electron chi connectivity index (χ1n) is 13.6. The van der Waals surface area contributed by atoms with Gasteiger partial charge in [0.2, 0.25) is 0 Å². The molecule has 11 heteroatoms. The van der Waals surface area contributed by atoms with Crippen LogP contribution < -0.4 is 9.62 Å². The molecule has 0 unspecified atom stereocenters. The Morgan fingerprint density at radius 2 is 1.87 bits per heavy atom. The first kappa shape index (κ1) is 27.4. The van der Waals surface area contributed by atoms with Gasteiger partial charge in [-0.2, -0.15) is 22.5 Å². The SMILES string of the molecule is CN(C)C1CN(S(=O)(=O)N[C@H]2CCN(c3cccnn3)C[C@H]2COC2CCC(c3cccc(F)c3)CC2)C1. The summed E-state index contributed by atoms with van der Waals surface area (Å²) < 4.78 is 50.9. The zero-order valence-electron chi connectivity index (χ0n) is 22.2. The minimum atomic E-state index is -3.57. The zero-order chi connectivity index (χ0) is 26.7. The zero-order valence-corrected chi connectivity index (χ0v) is 23.1. The molecule has 5 rings (SSSR count). The summed E-state index contributed by atoms with van der Waals surface area (Å²) in [5.41, 5.74) is 1.06. The van der Waals surface area contributed by atoms with Crippen molar-refractivity contribution in [1.82, 2.24) is 24.1 Å². The molecule has 2 aliphatic heterocycles. The highest BCUT2D eigenvalue weighted by Gasteiger charge is 2.40. The molecule has 2 aromatic rings. The number of anilines is 1. The van der Waals surface area contributed by atoms with Gasteiger partial charge in [0.25, 0.3) is 10.2 Å². The monoisotopic (exact) mass is 546 g/mol. The van der Waals surface area contributed by atoms with Crippen molar-refractivity contribution in [1.29, 1.82) is 0 Å². The molecular formula is C27H39FN6O3S. The van der Waals surface area contributed by atoms with Crippen molar-refractivity contribution in [3.05, 3.63) is 54.0 Å². The van der Waals surface area contributed by atoms with Crippen LogP contribution in [0.25, 0.3) is 0 Å². The van der Waals surface area contributed by atoms with Gasteiger partial charge in [-0.3, -0.25) is 0 Å². The average molecular weight is 547 g/mol. The molecule has 2 saturated heterocycles.